The first-order chi connectivity index (χ1) is 11.2. The number of nitrogens with one attached hydrogen (secondary N) is 2. The van der Waals surface area contributed by atoms with Crippen molar-refractivity contribution < 1.29 is 13.2 Å². The van der Waals surface area contributed by atoms with Crippen LogP contribution in [0.2, 0.25) is 0 Å². The third-order valence-corrected chi connectivity index (χ3v) is 4.18. The summed E-state index contributed by atoms with van der Waals surface area (Å²) < 4.78 is 37.3. The first kappa shape index (κ1) is 24.8. The fourth-order valence-electron chi connectivity index (χ4n) is 2.89. The molecule has 2 atom stereocenters. The lowest BCUT2D eigenvalue weighted by Gasteiger charge is -2.19. The van der Waals surface area contributed by atoms with E-state index in [9.17, 15) is 13.2 Å². The fourth-order valence-corrected chi connectivity index (χ4v) is 2.89. The molecule has 4 nitrogen and oxygen atoms in total. The normalized spacial score (nSPS) is 20.5. The number of guanidine groups is 1. The van der Waals surface area contributed by atoms with E-state index in [0.717, 1.165) is 31.8 Å². The minimum absolute atomic E-state index is 0. The molecule has 0 aliphatic carbocycles. The molecule has 1 heterocycles. The van der Waals surface area contributed by atoms with Crippen LogP contribution in [0.4, 0.5) is 13.2 Å². The highest BCUT2D eigenvalue weighted by Gasteiger charge is 2.34. The van der Waals surface area contributed by atoms with E-state index in [1.807, 2.05) is 6.92 Å². The molecule has 150 valence electrons. The third kappa shape index (κ3) is 11.9. The van der Waals surface area contributed by atoms with Crippen molar-refractivity contribution in [1.29, 1.82) is 0 Å². The summed E-state index contributed by atoms with van der Waals surface area (Å²) in [5.41, 5.74) is 0. The van der Waals surface area contributed by atoms with Crippen LogP contribution in [0.1, 0.15) is 47.0 Å². The third-order valence-electron chi connectivity index (χ3n) is 4.18. The van der Waals surface area contributed by atoms with Gasteiger partial charge in [-0.25, -0.2) is 0 Å². The summed E-state index contributed by atoms with van der Waals surface area (Å²) in [7, 11) is 0. The van der Waals surface area contributed by atoms with E-state index in [-0.39, 0.29) is 29.9 Å². The Morgan fingerprint density at radius 3 is 2.48 bits per heavy atom. The second kappa shape index (κ2) is 12.2. The Bertz CT molecular complexity index is 389. The Morgan fingerprint density at radius 2 is 1.92 bits per heavy atom. The first-order valence-corrected chi connectivity index (χ1v) is 9.03. The molecular weight excluding hydrogens is 444 g/mol. The molecule has 0 radical (unpaired) electrons. The molecule has 0 aromatic carbocycles. The van der Waals surface area contributed by atoms with Crippen LogP contribution in [0.5, 0.6) is 0 Å². The Hall–Kier alpha value is -0.250. The minimum Gasteiger partial charge on any atom is -0.357 e. The highest BCUT2D eigenvalue weighted by atomic mass is 127. The molecule has 0 bridgehead atoms. The van der Waals surface area contributed by atoms with E-state index >= 15 is 0 Å². The molecule has 0 aromatic heterocycles. The quantitative estimate of drug-likeness (QED) is 0.316. The van der Waals surface area contributed by atoms with Gasteiger partial charge in [0.1, 0.15) is 0 Å². The van der Waals surface area contributed by atoms with Crippen molar-refractivity contribution >= 4 is 29.9 Å². The van der Waals surface area contributed by atoms with Gasteiger partial charge in [-0.3, -0.25) is 9.89 Å². The maximum Gasteiger partial charge on any atom is 0.401 e. The molecule has 1 aliphatic rings. The van der Waals surface area contributed by atoms with E-state index in [2.05, 4.69) is 36.4 Å². The van der Waals surface area contributed by atoms with Gasteiger partial charge in [0.2, 0.25) is 0 Å². The van der Waals surface area contributed by atoms with Crippen LogP contribution in [0, 0.1) is 11.8 Å². The summed E-state index contributed by atoms with van der Waals surface area (Å²) in [6.45, 7) is 10.1. The first-order valence-electron chi connectivity index (χ1n) is 9.03. The van der Waals surface area contributed by atoms with Gasteiger partial charge in [0.05, 0.1) is 6.54 Å². The molecule has 0 saturated carbocycles. The molecule has 2 N–H and O–H groups in total. The fraction of sp³-hybridized carbons (Fsp3) is 0.941. The van der Waals surface area contributed by atoms with Gasteiger partial charge in [0.15, 0.2) is 5.96 Å². The van der Waals surface area contributed by atoms with Gasteiger partial charge in [0.25, 0.3) is 0 Å². The van der Waals surface area contributed by atoms with E-state index in [0.29, 0.717) is 31.6 Å². The minimum atomic E-state index is -4.11. The Labute approximate surface area is 167 Å². The number of rotatable bonds is 8. The lowest BCUT2D eigenvalue weighted by Crippen LogP contribution is -2.42. The highest BCUT2D eigenvalue weighted by Crippen LogP contribution is 2.22. The Kier molecular flexibility index (Phi) is 12.1. The van der Waals surface area contributed by atoms with Crippen LogP contribution in [0.3, 0.4) is 0 Å². The highest BCUT2D eigenvalue weighted by molar-refractivity contribution is 14.0. The molecule has 1 rings (SSSR count). The Morgan fingerprint density at radius 1 is 1.24 bits per heavy atom. The van der Waals surface area contributed by atoms with Gasteiger partial charge < -0.3 is 10.6 Å². The van der Waals surface area contributed by atoms with Gasteiger partial charge in [-0.2, -0.15) is 13.2 Å². The zero-order chi connectivity index (χ0) is 18.2. The van der Waals surface area contributed by atoms with Gasteiger partial charge >= 0.3 is 6.18 Å². The molecule has 1 saturated heterocycles. The monoisotopic (exact) mass is 478 g/mol. The number of hydrogen-bond donors (Lipinski definition) is 2. The van der Waals surface area contributed by atoms with Crippen molar-refractivity contribution in [2.45, 2.75) is 59.2 Å². The maximum atomic E-state index is 12.4. The predicted octanol–water partition coefficient (Wildman–Crippen LogP) is 3.87. The summed E-state index contributed by atoms with van der Waals surface area (Å²) >= 11 is 0. The van der Waals surface area contributed by atoms with E-state index < -0.39 is 12.7 Å². The standard InChI is InChI=1S/C17H33F3N4.HI/c1-5-21-16(23-14(4)7-6-13(2)3)22-10-15-8-9-24(11-15)12-17(18,19)20;/h13-15H,5-12H2,1-4H3,(H2,21,22,23);1H. The van der Waals surface area contributed by atoms with Crippen LogP contribution in [0.15, 0.2) is 4.99 Å². The molecule has 0 spiro atoms. The average Bonchev–Trinajstić information content (AvgIpc) is 2.88. The van der Waals surface area contributed by atoms with Crippen molar-refractivity contribution in [3.8, 4) is 0 Å². The van der Waals surface area contributed by atoms with Gasteiger partial charge in [-0.15, -0.1) is 24.0 Å². The number of nitrogens with zero attached hydrogens (tertiary/aromatic N) is 2. The summed E-state index contributed by atoms with van der Waals surface area (Å²) in [4.78, 5) is 6.06. The zero-order valence-corrected chi connectivity index (χ0v) is 18.2. The van der Waals surface area contributed by atoms with Crippen molar-refractivity contribution in [2.24, 2.45) is 16.8 Å². The maximum absolute atomic E-state index is 12.4. The average molecular weight is 478 g/mol. The van der Waals surface area contributed by atoms with Crippen LogP contribution in [0.25, 0.3) is 0 Å². The number of aliphatic imine (C=N–C) groups is 1. The number of hydrogen-bond acceptors (Lipinski definition) is 2. The van der Waals surface area contributed by atoms with Crippen molar-refractivity contribution in [3.05, 3.63) is 0 Å². The van der Waals surface area contributed by atoms with E-state index in [1.165, 1.54) is 4.90 Å². The molecule has 0 amide bonds. The summed E-state index contributed by atoms with van der Waals surface area (Å²) in [5.74, 6) is 1.64. The molecular formula is C17H34F3IN4. The number of halogens is 4. The summed E-state index contributed by atoms with van der Waals surface area (Å²) in [6.07, 6.45) is -1.10. The van der Waals surface area contributed by atoms with Crippen molar-refractivity contribution in [1.82, 2.24) is 15.5 Å². The van der Waals surface area contributed by atoms with Crippen molar-refractivity contribution in [2.75, 3.05) is 32.7 Å². The van der Waals surface area contributed by atoms with E-state index in [1.54, 1.807) is 0 Å². The van der Waals surface area contributed by atoms with E-state index in [4.69, 9.17) is 0 Å². The predicted molar refractivity (Wildman–Crippen MR) is 109 cm³/mol. The van der Waals surface area contributed by atoms with Gasteiger partial charge in [-0.05, 0) is 51.5 Å². The van der Waals surface area contributed by atoms with Crippen LogP contribution >= 0.6 is 24.0 Å². The SMILES string of the molecule is CCNC(=NCC1CCN(CC(F)(F)F)C1)NC(C)CCC(C)C.I. The van der Waals surface area contributed by atoms with Crippen molar-refractivity contribution in [3.63, 3.8) is 0 Å². The zero-order valence-electron chi connectivity index (χ0n) is 15.8. The molecule has 8 heteroatoms. The summed E-state index contributed by atoms with van der Waals surface area (Å²) in [5, 5.41) is 6.61. The van der Waals surface area contributed by atoms with Crippen LogP contribution in [-0.2, 0) is 0 Å². The number of likely N-dealkylation sites (tertiary alicyclic amines) is 1. The summed E-state index contributed by atoms with van der Waals surface area (Å²) in [6, 6.07) is 0.329. The van der Waals surface area contributed by atoms with Gasteiger partial charge in [0, 0.05) is 25.7 Å². The molecule has 0 aromatic rings. The molecule has 25 heavy (non-hydrogen) atoms. The Balaban J connectivity index is 0.00000576. The topological polar surface area (TPSA) is 39.7 Å². The van der Waals surface area contributed by atoms with Crippen LogP contribution in [-0.4, -0.2) is 55.8 Å². The second-order valence-electron chi connectivity index (χ2n) is 7.24. The number of alkyl halides is 3. The molecule has 1 aliphatic heterocycles. The molecule has 2 unspecified atom stereocenters. The smallest absolute Gasteiger partial charge is 0.357 e. The molecule has 1 fully saturated rings. The van der Waals surface area contributed by atoms with Gasteiger partial charge in [-0.1, -0.05) is 13.8 Å². The lowest BCUT2D eigenvalue weighted by atomic mass is 10.0. The second-order valence-corrected chi connectivity index (χ2v) is 7.24. The lowest BCUT2D eigenvalue weighted by molar-refractivity contribution is -0.143. The van der Waals surface area contributed by atoms with Crippen LogP contribution < -0.4 is 10.6 Å². The largest absolute Gasteiger partial charge is 0.401 e.